The zero-order chi connectivity index (χ0) is 16.4. The van der Waals surface area contributed by atoms with Gasteiger partial charge in [0.05, 0.1) is 11.8 Å². The molecule has 0 radical (unpaired) electrons. The molecule has 5 heteroatoms. The van der Waals surface area contributed by atoms with Gasteiger partial charge >= 0.3 is 0 Å². The second-order valence-corrected chi connectivity index (χ2v) is 7.72. The van der Waals surface area contributed by atoms with E-state index in [0.717, 1.165) is 51.4 Å². The smallest absolute Gasteiger partial charge is 0.146 e. The van der Waals surface area contributed by atoms with Crippen molar-refractivity contribution in [1.29, 1.82) is 0 Å². The fourth-order valence-electron chi connectivity index (χ4n) is 3.53. The molecule has 4 rings (SSSR count). The zero-order valence-electron chi connectivity index (χ0n) is 13.8. The van der Waals surface area contributed by atoms with Crippen LogP contribution in [0.4, 0.5) is 10.1 Å². The molecule has 0 bridgehead atoms. The van der Waals surface area contributed by atoms with Crippen LogP contribution >= 0.6 is 11.3 Å². The number of rotatable bonds is 4. The van der Waals surface area contributed by atoms with Crippen LogP contribution in [0.15, 0.2) is 36.4 Å². The van der Waals surface area contributed by atoms with Crippen molar-refractivity contribution in [3.8, 4) is 0 Å². The molecule has 3 heterocycles. The summed E-state index contributed by atoms with van der Waals surface area (Å²) in [5.74, 6) is -0.120. The summed E-state index contributed by atoms with van der Waals surface area (Å²) in [6, 6.07) is 11.5. The van der Waals surface area contributed by atoms with Gasteiger partial charge in [0, 0.05) is 49.1 Å². The van der Waals surface area contributed by atoms with E-state index in [9.17, 15) is 4.39 Å². The first-order valence-corrected chi connectivity index (χ1v) is 9.53. The highest BCUT2D eigenvalue weighted by Crippen LogP contribution is 2.33. The fourth-order valence-corrected chi connectivity index (χ4v) is 4.67. The number of thiophene rings is 1. The summed E-state index contributed by atoms with van der Waals surface area (Å²) < 4.78 is 19.7. The van der Waals surface area contributed by atoms with Gasteiger partial charge in [0.15, 0.2) is 0 Å². The van der Waals surface area contributed by atoms with Gasteiger partial charge in [-0.2, -0.15) is 0 Å². The Balaban J connectivity index is 1.32. The first-order chi connectivity index (χ1) is 11.8. The maximum Gasteiger partial charge on any atom is 0.146 e. The lowest BCUT2D eigenvalue weighted by Crippen LogP contribution is -2.46. The molecule has 1 aromatic carbocycles. The van der Waals surface area contributed by atoms with Crippen LogP contribution < -0.4 is 4.90 Å². The normalized spacial score (nSPS) is 22.2. The summed E-state index contributed by atoms with van der Waals surface area (Å²) in [7, 11) is 0. The van der Waals surface area contributed by atoms with Crippen molar-refractivity contribution in [3.63, 3.8) is 0 Å². The molecule has 2 saturated heterocycles. The monoisotopic (exact) mass is 346 g/mol. The van der Waals surface area contributed by atoms with Crippen LogP contribution in [0, 0.1) is 5.82 Å². The maximum atomic E-state index is 13.9. The van der Waals surface area contributed by atoms with Gasteiger partial charge in [0.2, 0.25) is 0 Å². The number of para-hydroxylation sites is 1. The summed E-state index contributed by atoms with van der Waals surface area (Å²) in [6.07, 6.45) is 2.65. The molecule has 0 aliphatic carbocycles. The minimum absolute atomic E-state index is 0.120. The summed E-state index contributed by atoms with van der Waals surface area (Å²) >= 11 is 1.88. The van der Waals surface area contributed by atoms with Crippen molar-refractivity contribution >= 4 is 17.0 Å². The van der Waals surface area contributed by atoms with Gasteiger partial charge in [-0.1, -0.05) is 12.1 Å². The molecule has 2 aliphatic heterocycles. The van der Waals surface area contributed by atoms with Gasteiger partial charge in [0.1, 0.15) is 5.82 Å². The van der Waals surface area contributed by atoms with Gasteiger partial charge in [-0.3, -0.25) is 4.90 Å². The van der Waals surface area contributed by atoms with Crippen molar-refractivity contribution in [2.75, 3.05) is 37.7 Å². The van der Waals surface area contributed by atoms with Gasteiger partial charge in [-0.25, -0.2) is 4.39 Å². The highest BCUT2D eigenvalue weighted by Gasteiger charge is 2.22. The number of ether oxygens (including phenoxy) is 1. The lowest BCUT2D eigenvalue weighted by Gasteiger charge is -2.36. The lowest BCUT2D eigenvalue weighted by atomic mass is 10.2. The highest BCUT2D eigenvalue weighted by molar-refractivity contribution is 7.12. The summed E-state index contributed by atoms with van der Waals surface area (Å²) in [5, 5.41) is 0. The number of anilines is 1. The molecule has 128 valence electrons. The predicted octanol–water partition coefficient (Wildman–Crippen LogP) is 4.06. The van der Waals surface area contributed by atoms with Crippen molar-refractivity contribution in [2.45, 2.75) is 25.5 Å². The Labute approximate surface area is 146 Å². The molecule has 2 aromatic rings. The number of halogens is 1. The quantitative estimate of drug-likeness (QED) is 0.830. The van der Waals surface area contributed by atoms with E-state index in [2.05, 4.69) is 21.9 Å². The number of hydrogen-bond acceptors (Lipinski definition) is 4. The van der Waals surface area contributed by atoms with E-state index in [0.29, 0.717) is 6.10 Å². The molecule has 2 fully saturated rings. The maximum absolute atomic E-state index is 13.9. The molecule has 0 N–H and O–H groups in total. The second kappa shape index (κ2) is 7.21. The molecule has 3 nitrogen and oxygen atoms in total. The average Bonchev–Trinajstić information content (AvgIpc) is 3.27. The Hall–Kier alpha value is -1.43. The van der Waals surface area contributed by atoms with Crippen LogP contribution in [-0.2, 0) is 11.3 Å². The number of benzene rings is 1. The van der Waals surface area contributed by atoms with Gasteiger partial charge in [0.25, 0.3) is 0 Å². The van der Waals surface area contributed by atoms with Crippen molar-refractivity contribution < 1.29 is 9.13 Å². The third-order valence-electron chi connectivity index (χ3n) is 4.87. The minimum atomic E-state index is -0.120. The summed E-state index contributed by atoms with van der Waals surface area (Å²) in [5.41, 5.74) is 0.731. The molecule has 0 unspecified atom stereocenters. The van der Waals surface area contributed by atoms with Gasteiger partial charge in [-0.15, -0.1) is 11.3 Å². The standard InChI is InChI=1S/C19H23FN2OS/c20-16-4-1-2-5-17(16)22-11-9-21(10-12-22)14-15-7-8-19(24-15)18-6-3-13-23-18/h1-2,4-5,7-8,18H,3,6,9-14H2/t18-/m1/s1. The highest BCUT2D eigenvalue weighted by atomic mass is 32.1. The molecular formula is C19H23FN2OS. The molecule has 2 aliphatic rings. The SMILES string of the molecule is Fc1ccccc1N1CCN(Cc2ccc([C@H]3CCCO3)s2)CC1. The third-order valence-corrected chi connectivity index (χ3v) is 6.04. The third kappa shape index (κ3) is 3.48. The number of nitrogens with zero attached hydrogens (tertiary/aromatic N) is 2. The number of piperazine rings is 1. The van der Waals surface area contributed by atoms with Gasteiger partial charge in [-0.05, 0) is 37.1 Å². The van der Waals surface area contributed by atoms with E-state index in [1.807, 2.05) is 23.5 Å². The van der Waals surface area contributed by atoms with Crippen LogP contribution in [0.2, 0.25) is 0 Å². The molecule has 0 amide bonds. The first kappa shape index (κ1) is 16.1. The topological polar surface area (TPSA) is 15.7 Å². The predicted molar refractivity (Wildman–Crippen MR) is 96.1 cm³/mol. The van der Waals surface area contributed by atoms with Crippen LogP contribution in [-0.4, -0.2) is 37.7 Å². The van der Waals surface area contributed by atoms with Crippen LogP contribution in [0.25, 0.3) is 0 Å². The molecule has 0 spiro atoms. The van der Waals surface area contributed by atoms with E-state index < -0.39 is 0 Å². The van der Waals surface area contributed by atoms with Crippen molar-refractivity contribution in [2.24, 2.45) is 0 Å². The van der Waals surface area contributed by atoms with Crippen LogP contribution in [0.3, 0.4) is 0 Å². The lowest BCUT2D eigenvalue weighted by molar-refractivity contribution is 0.114. The molecule has 1 atom stereocenters. The minimum Gasteiger partial charge on any atom is -0.373 e. The second-order valence-electron chi connectivity index (χ2n) is 6.52. The Morgan fingerprint density at radius 2 is 1.92 bits per heavy atom. The Kier molecular flexibility index (Phi) is 4.83. The van der Waals surface area contributed by atoms with E-state index >= 15 is 0 Å². The number of hydrogen-bond donors (Lipinski definition) is 0. The van der Waals surface area contributed by atoms with Crippen LogP contribution in [0.5, 0.6) is 0 Å². The van der Waals surface area contributed by atoms with Crippen molar-refractivity contribution in [3.05, 3.63) is 52.0 Å². The molecular weight excluding hydrogens is 323 g/mol. The molecule has 0 saturated carbocycles. The largest absolute Gasteiger partial charge is 0.373 e. The summed E-state index contributed by atoms with van der Waals surface area (Å²) in [6.45, 7) is 5.59. The zero-order valence-corrected chi connectivity index (χ0v) is 14.6. The Morgan fingerprint density at radius 3 is 2.67 bits per heavy atom. The van der Waals surface area contributed by atoms with E-state index in [1.165, 1.54) is 16.2 Å². The Bertz CT molecular complexity index is 676. The molecule has 1 aromatic heterocycles. The first-order valence-electron chi connectivity index (χ1n) is 8.71. The fraction of sp³-hybridized carbons (Fsp3) is 0.474. The van der Waals surface area contributed by atoms with E-state index in [1.54, 1.807) is 12.1 Å². The average molecular weight is 346 g/mol. The Morgan fingerprint density at radius 1 is 1.08 bits per heavy atom. The summed E-state index contributed by atoms with van der Waals surface area (Å²) in [4.78, 5) is 7.38. The van der Waals surface area contributed by atoms with Crippen molar-refractivity contribution in [1.82, 2.24) is 4.90 Å². The van der Waals surface area contributed by atoms with E-state index in [4.69, 9.17) is 4.74 Å². The van der Waals surface area contributed by atoms with E-state index in [-0.39, 0.29) is 5.82 Å². The van der Waals surface area contributed by atoms with Gasteiger partial charge < -0.3 is 9.64 Å². The van der Waals surface area contributed by atoms with Crippen LogP contribution in [0.1, 0.15) is 28.7 Å². The molecule has 24 heavy (non-hydrogen) atoms.